The lowest BCUT2D eigenvalue weighted by atomic mass is 9.83. The summed E-state index contributed by atoms with van der Waals surface area (Å²) in [5.41, 5.74) is 7.38. The van der Waals surface area contributed by atoms with E-state index in [1.807, 2.05) is 42.5 Å². The molecular formula is C24H20ClN3O2. The number of nitrogens with two attached hydrogens (primary N) is 1. The second-order valence-electron chi connectivity index (χ2n) is 7.66. The van der Waals surface area contributed by atoms with Gasteiger partial charge in [-0.15, -0.1) is 0 Å². The van der Waals surface area contributed by atoms with Crippen LogP contribution in [0.25, 0.3) is 27.7 Å². The van der Waals surface area contributed by atoms with Gasteiger partial charge >= 0.3 is 0 Å². The van der Waals surface area contributed by atoms with Gasteiger partial charge in [0.05, 0.1) is 22.2 Å². The third kappa shape index (κ3) is 3.37. The lowest BCUT2D eigenvalue weighted by Crippen LogP contribution is -2.35. The fourth-order valence-electron chi connectivity index (χ4n) is 3.36. The van der Waals surface area contributed by atoms with E-state index in [0.29, 0.717) is 21.8 Å². The molecule has 0 fully saturated rings. The van der Waals surface area contributed by atoms with Gasteiger partial charge in [-0.2, -0.15) is 9.78 Å². The van der Waals surface area contributed by atoms with Crippen LogP contribution in [0.3, 0.4) is 0 Å². The summed E-state index contributed by atoms with van der Waals surface area (Å²) in [5, 5.41) is 6.55. The molecular weight excluding hydrogens is 398 g/mol. The average Bonchev–Trinajstić information content (AvgIpc) is 2.75. The molecule has 1 aromatic heterocycles. The second-order valence-corrected chi connectivity index (χ2v) is 8.09. The Balaban J connectivity index is 2.00. The Kier molecular flexibility index (Phi) is 4.92. The van der Waals surface area contributed by atoms with Crippen LogP contribution in [0.5, 0.6) is 0 Å². The Morgan fingerprint density at radius 1 is 0.967 bits per heavy atom. The van der Waals surface area contributed by atoms with E-state index >= 15 is 0 Å². The van der Waals surface area contributed by atoms with Gasteiger partial charge in [0.15, 0.2) is 0 Å². The van der Waals surface area contributed by atoms with Crippen molar-refractivity contribution in [2.45, 2.75) is 19.3 Å². The number of benzene rings is 3. The van der Waals surface area contributed by atoms with E-state index < -0.39 is 11.3 Å². The quantitative estimate of drug-likeness (QED) is 0.532. The SMILES string of the molecule is CC(C)(C(N)=O)c1cccc(-c2nn(-c3ccc(Cl)cc3)c(=O)c3ccccc23)c1. The van der Waals surface area contributed by atoms with Gasteiger partial charge in [0.2, 0.25) is 5.91 Å². The maximum Gasteiger partial charge on any atom is 0.279 e. The molecule has 5 nitrogen and oxygen atoms in total. The smallest absolute Gasteiger partial charge is 0.279 e. The maximum atomic E-state index is 13.1. The number of carbonyl (C=O) groups excluding carboxylic acids is 1. The summed E-state index contributed by atoms with van der Waals surface area (Å²) in [6, 6.07) is 21.8. The van der Waals surface area contributed by atoms with Gasteiger partial charge in [0, 0.05) is 16.0 Å². The zero-order chi connectivity index (χ0) is 21.5. The Hall–Kier alpha value is -3.44. The van der Waals surface area contributed by atoms with Crippen molar-refractivity contribution in [3.05, 3.63) is 93.7 Å². The third-order valence-electron chi connectivity index (χ3n) is 5.35. The van der Waals surface area contributed by atoms with E-state index in [2.05, 4.69) is 5.10 Å². The minimum Gasteiger partial charge on any atom is -0.369 e. The van der Waals surface area contributed by atoms with E-state index in [4.69, 9.17) is 17.3 Å². The molecule has 0 aliphatic rings. The Morgan fingerprint density at radius 3 is 2.30 bits per heavy atom. The number of hydrogen-bond acceptors (Lipinski definition) is 3. The summed E-state index contributed by atoms with van der Waals surface area (Å²) < 4.78 is 1.37. The molecule has 1 amide bonds. The van der Waals surface area contributed by atoms with E-state index in [1.165, 1.54) is 4.68 Å². The normalized spacial score (nSPS) is 11.6. The molecule has 0 bridgehead atoms. The molecule has 0 spiro atoms. The van der Waals surface area contributed by atoms with Crippen molar-refractivity contribution >= 4 is 28.3 Å². The van der Waals surface area contributed by atoms with E-state index in [0.717, 1.165) is 16.5 Å². The third-order valence-corrected chi connectivity index (χ3v) is 5.60. The number of rotatable bonds is 4. The fourth-order valence-corrected chi connectivity index (χ4v) is 3.48. The Morgan fingerprint density at radius 2 is 1.63 bits per heavy atom. The van der Waals surface area contributed by atoms with Gasteiger partial charge in [0.25, 0.3) is 5.56 Å². The molecule has 0 aliphatic carbocycles. The number of aromatic nitrogens is 2. The first-order valence-corrected chi connectivity index (χ1v) is 9.85. The van der Waals surface area contributed by atoms with Crippen LogP contribution in [-0.4, -0.2) is 15.7 Å². The highest BCUT2D eigenvalue weighted by Crippen LogP contribution is 2.30. The highest BCUT2D eigenvalue weighted by Gasteiger charge is 2.27. The second kappa shape index (κ2) is 7.43. The lowest BCUT2D eigenvalue weighted by Gasteiger charge is -2.22. The zero-order valence-corrected chi connectivity index (χ0v) is 17.4. The molecule has 0 unspecified atom stereocenters. The maximum absolute atomic E-state index is 13.1. The predicted octanol–water partition coefficient (Wildman–Crippen LogP) is 4.47. The van der Waals surface area contributed by atoms with Gasteiger partial charge in [-0.3, -0.25) is 9.59 Å². The van der Waals surface area contributed by atoms with Crippen molar-refractivity contribution in [2.75, 3.05) is 0 Å². The van der Waals surface area contributed by atoms with Gasteiger partial charge in [-0.1, -0.05) is 48.0 Å². The van der Waals surface area contributed by atoms with E-state index in [9.17, 15) is 9.59 Å². The van der Waals surface area contributed by atoms with Crippen LogP contribution in [0.2, 0.25) is 5.02 Å². The first kappa shape index (κ1) is 19.9. The molecule has 0 radical (unpaired) electrons. The minimum atomic E-state index is -0.837. The topological polar surface area (TPSA) is 78.0 Å². The number of halogens is 1. The fraction of sp³-hybridized carbons (Fsp3) is 0.125. The molecule has 30 heavy (non-hydrogen) atoms. The Bertz CT molecular complexity index is 1320. The van der Waals surface area contributed by atoms with Crippen molar-refractivity contribution in [1.82, 2.24) is 9.78 Å². The molecule has 0 atom stereocenters. The number of amides is 1. The van der Waals surface area contributed by atoms with Gasteiger partial charge < -0.3 is 5.73 Å². The molecule has 150 valence electrons. The van der Waals surface area contributed by atoms with E-state index in [1.54, 1.807) is 44.2 Å². The molecule has 4 aromatic rings. The lowest BCUT2D eigenvalue weighted by molar-refractivity contribution is -0.122. The molecule has 0 saturated heterocycles. The molecule has 6 heteroatoms. The van der Waals surface area contributed by atoms with Crippen LogP contribution in [-0.2, 0) is 10.2 Å². The van der Waals surface area contributed by atoms with Crippen molar-refractivity contribution in [3.63, 3.8) is 0 Å². The van der Waals surface area contributed by atoms with Gasteiger partial charge in [-0.05, 0) is 55.8 Å². The summed E-state index contributed by atoms with van der Waals surface area (Å²) >= 11 is 6.00. The zero-order valence-electron chi connectivity index (χ0n) is 16.6. The molecule has 2 N–H and O–H groups in total. The Labute approximate surface area is 178 Å². The molecule has 4 rings (SSSR count). The summed E-state index contributed by atoms with van der Waals surface area (Å²) in [6.45, 7) is 3.57. The summed E-state index contributed by atoms with van der Waals surface area (Å²) in [5.74, 6) is -0.413. The summed E-state index contributed by atoms with van der Waals surface area (Å²) in [7, 11) is 0. The molecule has 3 aromatic carbocycles. The van der Waals surface area contributed by atoms with Crippen molar-refractivity contribution < 1.29 is 4.79 Å². The number of primary amides is 1. The van der Waals surface area contributed by atoms with Gasteiger partial charge in [0.1, 0.15) is 0 Å². The molecule has 0 saturated carbocycles. The monoisotopic (exact) mass is 417 g/mol. The van der Waals surface area contributed by atoms with Crippen LogP contribution in [0.1, 0.15) is 19.4 Å². The van der Waals surface area contributed by atoms with E-state index in [-0.39, 0.29) is 5.56 Å². The first-order valence-electron chi connectivity index (χ1n) is 9.48. The predicted molar refractivity (Wildman–Crippen MR) is 120 cm³/mol. The summed E-state index contributed by atoms with van der Waals surface area (Å²) in [4.78, 5) is 25.1. The van der Waals surface area contributed by atoms with Crippen LogP contribution in [0.15, 0.2) is 77.6 Å². The van der Waals surface area contributed by atoms with Crippen LogP contribution in [0, 0.1) is 0 Å². The average molecular weight is 418 g/mol. The van der Waals surface area contributed by atoms with Crippen molar-refractivity contribution in [2.24, 2.45) is 5.73 Å². The largest absolute Gasteiger partial charge is 0.369 e. The first-order chi connectivity index (χ1) is 14.3. The van der Waals surface area contributed by atoms with Gasteiger partial charge in [-0.25, -0.2) is 0 Å². The number of fused-ring (bicyclic) bond motifs is 1. The van der Waals surface area contributed by atoms with Crippen LogP contribution in [0.4, 0.5) is 0 Å². The molecule has 0 aliphatic heterocycles. The highest BCUT2D eigenvalue weighted by molar-refractivity contribution is 6.30. The molecule has 1 heterocycles. The number of hydrogen-bond donors (Lipinski definition) is 1. The highest BCUT2D eigenvalue weighted by atomic mass is 35.5. The number of carbonyl (C=O) groups is 1. The van der Waals surface area contributed by atoms with Crippen LogP contribution < -0.4 is 11.3 Å². The van der Waals surface area contributed by atoms with Crippen molar-refractivity contribution in [3.8, 4) is 16.9 Å². The minimum absolute atomic E-state index is 0.217. The standard InChI is InChI=1S/C24H20ClN3O2/c1-24(2,23(26)30)16-7-5-6-15(14-16)21-19-8-3-4-9-20(19)22(29)28(27-21)18-12-10-17(25)11-13-18/h3-14H,1-2H3,(H2,26,30). The number of nitrogens with zero attached hydrogens (tertiary/aromatic N) is 2. The summed E-state index contributed by atoms with van der Waals surface area (Å²) in [6.07, 6.45) is 0. The van der Waals surface area contributed by atoms with Crippen LogP contribution >= 0.6 is 11.6 Å². The van der Waals surface area contributed by atoms with Crippen molar-refractivity contribution in [1.29, 1.82) is 0 Å².